The highest BCUT2D eigenvalue weighted by Gasteiger charge is 2.27. The molecule has 0 aliphatic carbocycles. The lowest BCUT2D eigenvalue weighted by Crippen LogP contribution is -2.41. The van der Waals surface area contributed by atoms with Gasteiger partial charge in [-0.2, -0.15) is 0 Å². The van der Waals surface area contributed by atoms with Crippen molar-refractivity contribution in [2.75, 3.05) is 32.6 Å². The maximum absolute atomic E-state index is 13.1. The van der Waals surface area contributed by atoms with Crippen LogP contribution in [0.5, 0.6) is 11.5 Å². The molecule has 1 aromatic carbocycles. The molecule has 0 aliphatic rings. The van der Waals surface area contributed by atoms with Gasteiger partial charge in [0.15, 0.2) is 11.5 Å². The van der Waals surface area contributed by atoms with Crippen LogP contribution >= 0.6 is 12.4 Å². The molecule has 0 spiro atoms. The highest BCUT2D eigenvalue weighted by Crippen LogP contribution is 2.36. The number of rotatable bonds is 7. The molecule has 0 saturated heterocycles. The average molecular weight is 368 g/mol. The minimum Gasteiger partial charge on any atom is -0.493 e. The normalized spacial score (nSPS) is 10.4. The summed E-state index contributed by atoms with van der Waals surface area (Å²) in [5.74, 6) is -3.96. The van der Waals surface area contributed by atoms with Crippen LogP contribution in [0.15, 0.2) is 12.1 Å². The fraction of sp³-hybridized carbons (Fsp3) is 0.429. The fourth-order valence-electron chi connectivity index (χ4n) is 1.76. The third-order valence-electron chi connectivity index (χ3n) is 2.86. The van der Waals surface area contributed by atoms with Crippen LogP contribution in [-0.4, -0.2) is 45.0 Å². The molecule has 136 valence electrons. The van der Waals surface area contributed by atoms with Crippen molar-refractivity contribution in [3.8, 4) is 11.5 Å². The molecule has 0 unspecified atom stereocenters. The molecule has 0 fully saturated rings. The number of hydrogen-bond donors (Lipinski definition) is 3. The highest BCUT2D eigenvalue weighted by atomic mass is 35.5. The first-order chi connectivity index (χ1) is 10.7. The van der Waals surface area contributed by atoms with E-state index in [1.165, 1.54) is 33.3 Å². The second-order valence-corrected chi connectivity index (χ2v) is 4.68. The Labute approximate surface area is 144 Å². The number of benzene rings is 1. The van der Waals surface area contributed by atoms with E-state index in [4.69, 9.17) is 15.2 Å². The van der Waals surface area contributed by atoms with Crippen LogP contribution in [0, 0.1) is 0 Å². The van der Waals surface area contributed by atoms with E-state index in [2.05, 4.69) is 10.6 Å². The minimum absolute atomic E-state index is 0. The van der Waals surface area contributed by atoms with Gasteiger partial charge in [0.1, 0.15) is 0 Å². The summed E-state index contributed by atoms with van der Waals surface area (Å²) in [5.41, 5.74) is 5.13. The van der Waals surface area contributed by atoms with E-state index in [0.29, 0.717) is 0 Å². The Kier molecular flexibility index (Phi) is 8.42. The van der Waals surface area contributed by atoms with Crippen molar-refractivity contribution >= 4 is 29.9 Å². The Hall–Kier alpha value is -2.13. The van der Waals surface area contributed by atoms with E-state index in [0.717, 1.165) is 0 Å². The van der Waals surface area contributed by atoms with Crippen LogP contribution in [0.25, 0.3) is 0 Å². The van der Waals surface area contributed by atoms with Gasteiger partial charge in [0, 0.05) is 12.5 Å². The summed E-state index contributed by atoms with van der Waals surface area (Å²) < 4.78 is 36.4. The van der Waals surface area contributed by atoms with Gasteiger partial charge in [0.2, 0.25) is 5.91 Å². The topological polar surface area (TPSA) is 103 Å². The molecule has 10 heteroatoms. The second-order valence-electron chi connectivity index (χ2n) is 4.68. The SMILES string of the molecule is COc1cc(C(=O)NCC(F)(F)CN)cc(NC(C)=O)c1OC.Cl. The molecule has 2 amide bonds. The summed E-state index contributed by atoms with van der Waals surface area (Å²) >= 11 is 0. The van der Waals surface area contributed by atoms with E-state index < -0.39 is 30.8 Å². The maximum atomic E-state index is 13.1. The van der Waals surface area contributed by atoms with Crippen LogP contribution in [0.2, 0.25) is 0 Å². The van der Waals surface area contributed by atoms with Crippen molar-refractivity contribution in [2.24, 2.45) is 5.73 Å². The molecule has 0 bridgehead atoms. The van der Waals surface area contributed by atoms with E-state index >= 15 is 0 Å². The van der Waals surface area contributed by atoms with Gasteiger partial charge >= 0.3 is 0 Å². The summed E-state index contributed by atoms with van der Waals surface area (Å²) in [6, 6.07) is 2.62. The summed E-state index contributed by atoms with van der Waals surface area (Å²) in [7, 11) is 2.71. The van der Waals surface area contributed by atoms with Crippen molar-refractivity contribution in [3.63, 3.8) is 0 Å². The summed E-state index contributed by atoms with van der Waals surface area (Å²) in [5, 5.41) is 4.57. The van der Waals surface area contributed by atoms with E-state index in [9.17, 15) is 18.4 Å². The average Bonchev–Trinajstić information content (AvgIpc) is 2.51. The Morgan fingerprint density at radius 1 is 1.25 bits per heavy atom. The van der Waals surface area contributed by atoms with Gasteiger partial charge in [-0.25, -0.2) is 8.78 Å². The van der Waals surface area contributed by atoms with Gasteiger partial charge in [-0.05, 0) is 12.1 Å². The third kappa shape index (κ3) is 5.82. The Balaban J connectivity index is 0.00000529. The number of halogens is 3. The first kappa shape index (κ1) is 21.9. The number of anilines is 1. The largest absolute Gasteiger partial charge is 0.493 e. The molecular formula is C14H20ClF2N3O4. The number of alkyl halides is 2. The molecule has 4 N–H and O–H groups in total. The monoisotopic (exact) mass is 367 g/mol. The Morgan fingerprint density at radius 3 is 2.33 bits per heavy atom. The van der Waals surface area contributed by atoms with Crippen molar-refractivity contribution in [1.29, 1.82) is 0 Å². The Bertz CT molecular complexity index is 600. The van der Waals surface area contributed by atoms with Crippen molar-refractivity contribution in [1.82, 2.24) is 5.32 Å². The van der Waals surface area contributed by atoms with Crippen LogP contribution in [0.1, 0.15) is 17.3 Å². The molecule has 1 rings (SSSR count). The van der Waals surface area contributed by atoms with Gasteiger partial charge in [-0.15, -0.1) is 12.4 Å². The summed E-state index contributed by atoms with van der Waals surface area (Å²) in [6.07, 6.45) is 0. The van der Waals surface area contributed by atoms with E-state index in [1.54, 1.807) is 0 Å². The molecule has 0 saturated carbocycles. The zero-order valence-electron chi connectivity index (χ0n) is 13.4. The van der Waals surface area contributed by atoms with Gasteiger partial charge < -0.3 is 25.8 Å². The first-order valence-electron chi connectivity index (χ1n) is 6.63. The van der Waals surface area contributed by atoms with Crippen molar-refractivity contribution in [2.45, 2.75) is 12.8 Å². The van der Waals surface area contributed by atoms with Gasteiger partial charge in [-0.1, -0.05) is 0 Å². The smallest absolute Gasteiger partial charge is 0.277 e. The molecule has 0 aliphatic heterocycles. The van der Waals surface area contributed by atoms with Gasteiger partial charge in [0.25, 0.3) is 11.8 Å². The predicted octanol–water partition coefficient (Wildman–Crippen LogP) is 1.41. The summed E-state index contributed by atoms with van der Waals surface area (Å²) in [6.45, 7) is -0.497. The van der Waals surface area contributed by atoms with Crippen molar-refractivity contribution < 1.29 is 27.8 Å². The summed E-state index contributed by atoms with van der Waals surface area (Å²) in [4.78, 5) is 23.3. The van der Waals surface area contributed by atoms with Gasteiger partial charge in [0.05, 0.1) is 33.0 Å². The number of methoxy groups -OCH3 is 2. The molecule has 0 heterocycles. The highest BCUT2D eigenvalue weighted by molar-refractivity contribution is 5.99. The molecule has 24 heavy (non-hydrogen) atoms. The molecular weight excluding hydrogens is 348 g/mol. The van der Waals surface area contributed by atoms with Crippen LogP contribution in [0.4, 0.5) is 14.5 Å². The zero-order chi connectivity index (χ0) is 17.6. The lowest BCUT2D eigenvalue weighted by atomic mass is 10.1. The quantitative estimate of drug-likeness (QED) is 0.676. The van der Waals surface area contributed by atoms with Crippen LogP contribution in [0.3, 0.4) is 0 Å². The standard InChI is InChI=1S/C14H19F2N3O4.ClH/c1-8(20)19-10-4-9(5-11(22-2)12(10)23-3)13(21)18-7-14(15,16)6-17;/h4-5H,6-7,17H2,1-3H3,(H,18,21)(H,19,20);1H. The fourth-order valence-corrected chi connectivity index (χ4v) is 1.76. The minimum atomic E-state index is -3.20. The molecule has 0 atom stereocenters. The molecule has 7 nitrogen and oxygen atoms in total. The van der Waals surface area contributed by atoms with E-state index in [1.807, 2.05) is 0 Å². The number of ether oxygens (including phenoxy) is 2. The zero-order valence-corrected chi connectivity index (χ0v) is 14.3. The van der Waals surface area contributed by atoms with Crippen molar-refractivity contribution in [3.05, 3.63) is 17.7 Å². The number of nitrogens with one attached hydrogen (secondary N) is 2. The first-order valence-corrected chi connectivity index (χ1v) is 6.63. The number of carbonyl (C=O) groups is 2. The number of nitrogens with two attached hydrogens (primary N) is 1. The lowest BCUT2D eigenvalue weighted by molar-refractivity contribution is -0.114. The predicted molar refractivity (Wildman–Crippen MR) is 87.4 cm³/mol. The third-order valence-corrected chi connectivity index (χ3v) is 2.86. The molecule has 0 aromatic heterocycles. The second kappa shape index (κ2) is 9.24. The van der Waals surface area contributed by atoms with Crippen LogP contribution < -0.4 is 25.8 Å². The Morgan fingerprint density at radius 2 is 1.88 bits per heavy atom. The van der Waals surface area contributed by atoms with Gasteiger partial charge in [-0.3, -0.25) is 9.59 Å². The number of carbonyl (C=O) groups excluding carboxylic acids is 2. The number of hydrogen-bond acceptors (Lipinski definition) is 5. The maximum Gasteiger partial charge on any atom is 0.277 e. The van der Waals surface area contributed by atoms with E-state index in [-0.39, 0.29) is 35.2 Å². The molecule has 0 radical (unpaired) electrons. The molecule has 1 aromatic rings. The number of amides is 2. The van der Waals surface area contributed by atoms with Crippen LogP contribution in [-0.2, 0) is 4.79 Å². The lowest BCUT2D eigenvalue weighted by Gasteiger charge is -2.17.